The highest BCUT2D eigenvalue weighted by molar-refractivity contribution is 7.98. The van der Waals surface area contributed by atoms with E-state index >= 15 is 0 Å². The Kier molecular flexibility index (Phi) is 3.91. The van der Waals surface area contributed by atoms with Gasteiger partial charge in [-0.15, -0.1) is 11.8 Å². The molecule has 0 unspecified atom stereocenters. The van der Waals surface area contributed by atoms with Crippen molar-refractivity contribution in [2.45, 2.75) is 24.0 Å². The van der Waals surface area contributed by atoms with Crippen LogP contribution < -0.4 is 5.73 Å². The van der Waals surface area contributed by atoms with Crippen molar-refractivity contribution < 1.29 is 4.39 Å². The molecule has 1 aromatic carbocycles. The van der Waals surface area contributed by atoms with Crippen LogP contribution in [0.25, 0.3) is 0 Å². The molecule has 0 atom stereocenters. The summed E-state index contributed by atoms with van der Waals surface area (Å²) in [5.74, 6) is 0.462. The molecule has 1 heterocycles. The zero-order valence-corrected chi connectivity index (χ0v) is 11.3. The van der Waals surface area contributed by atoms with Crippen molar-refractivity contribution in [3.8, 4) is 0 Å². The Bertz CT molecular complexity index is 531. The summed E-state index contributed by atoms with van der Waals surface area (Å²) in [6, 6.07) is 6.68. The molecule has 0 spiro atoms. The molecular weight excluding hydrogens is 249 g/mol. The second-order valence-electron chi connectivity index (χ2n) is 4.11. The molecule has 0 saturated heterocycles. The fraction of sp³-hybridized carbons (Fsp3) is 0.308. The van der Waals surface area contributed by atoms with Crippen molar-refractivity contribution in [3.05, 3.63) is 41.5 Å². The third kappa shape index (κ3) is 3.04. The molecule has 1 aromatic heterocycles. The first kappa shape index (κ1) is 13.0. The van der Waals surface area contributed by atoms with E-state index in [1.165, 1.54) is 12.1 Å². The predicted octanol–water partition coefficient (Wildman–Crippen LogP) is 3.00. The van der Waals surface area contributed by atoms with Gasteiger partial charge in [0.2, 0.25) is 0 Å². The summed E-state index contributed by atoms with van der Waals surface area (Å²) >= 11 is 1.56. The van der Waals surface area contributed by atoms with Gasteiger partial charge < -0.3 is 5.73 Å². The lowest BCUT2D eigenvalue weighted by molar-refractivity contribution is 0.625. The van der Waals surface area contributed by atoms with E-state index in [9.17, 15) is 4.39 Å². The highest BCUT2D eigenvalue weighted by atomic mass is 32.2. The van der Waals surface area contributed by atoms with Gasteiger partial charge >= 0.3 is 0 Å². The number of rotatable bonds is 4. The van der Waals surface area contributed by atoms with Crippen molar-refractivity contribution in [1.82, 2.24) is 9.78 Å². The molecular formula is C13H16FN3S. The number of nitrogens with two attached hydrogens (primary N) is 1. The lowest BCUT2D eigenvalue weighted by Gasteiger charge is -2.03. The smallest absolute Gasteiger partial charge is 0.126 e. The Labute approximate surface area is 110 Å². The fourth-order valence-corrected chi connectivity index (χ4v) is 2.70. The summed E-state index contributed by atoms with van der Waals surface area (Å²) in [4.78, 5) is 0.840. The Hall–Kier alpha value is -1.49. The second-order valence-corrected chi connectivity index (χ2v) is 5.16. The number of halogens is 1. The topological polar surface area (TPSA) is 43.8 Å². The molecule has 0 aliphatic carbocycles. The summed E-state index contributed by atoms with van der Waals surface area (Å²) in [7, 11) is 1.93. The number of anilines is 1. The van der Waals surface area contributed by atoms with E-state index in [0.29, 0.717) is 5.69 Å². The number of thioether (sulfide) groups is 1. The molecule has 96 valence electrons. The average molecular weight is 265 g/mol. The third-order valence-corrected chi connectivity index (χ3v) is 3.68. The molecule has 0 bridgehead atoms. The Morgan fingerprint density at radius 3 is 2.72 bits per heavy atom. The van der Waals surface area contributed by atoms with E-state index < -0.39 is 0 Å². The summed E-state index contributed by atoms with van der Waals surface area (Å²) < 4.78 is 15.1. The quantitative estimate of drug-likeness (QED) is 0.682. The standard InChI is InChI=1S/C13H16FN3S/c1-3-11-7-12(17(2)16-11)8-18-13-5-9(14)4-10(15)6-13/h4-7H,3,8,15H2,1-2H3. The van der Waals surface area contributed by atoms with E-state index in [1.807, 2.05) is 11.7 Å². The van der Waals surface area contributed by atoms with Gasteiger partial charge in [0.1, 0.15) is 5.82 Å². The van der Waals surface area contributed by atoms with Crippen LogP contribution in [-0.2, 0) is 19.2 Å². The maximum Gasteiger partial charge on any atom is 0.126 e. The first-order valence-corrected chi connectivity index (χ1v) is 6.77. The molecule has 0 aliphatic heterocycles. The van der Waals surface area contributed by atoms with E-state index in [4.69, 9.17) is 5.73 Å². The maximum atomic E-state index is 13.2. The summed E-state index contributed by atoms with van der Waals surface area (Å²) in [5, 5.41) is 4.38. The minimum absolute atomic E-state index is 0.295. The molecule has 5 heteroatoms. The highest BCUT2D eigenvalue weighted by Gasteiger charge is 2.05. The van der Waals surface area contributed by atoms with Crippen LogP contribution in [0.5, 0.6) is 0 Å². The van der Waals surface area contributed by atoms with Crippen LogP contribution in [0.4, 0.5) is 10.1 Å². The second kappa shape index (κ2) is 5.44. The van der Waals surface area contributed by atoms with Crippen LogP contribution in [0.1, 0.15) is 18.3 Å². The lowest BCUT2D eigenvalue weighted by atomic mass is 10.3. The number of hydrogen-bond donors (Lipinski definition) is 1. The van der Waals surface area contributed by atoms with Gasteiger partial charge in [0, 0.05) is 29.1 Å². The number of aryl methyl sites for hydroxylation is 2. The van der Waals surface area contributed by atoms with Crippen LogP contribution in [0.2, 0.25) is 0 Å². The van der Waals surface area contributed by atoms with Gasteiger partial charge in [0.15, 0.2) is 0 Å². The summed E-state index contributed by atoms with van der Waals surface area (Å²) in [5.41, 5.74) is 8.27. The highest BCUT2D eigenvalue weighted by Crippen LogP contribution is 2.25. The number of nitrogen functional groups attached to an aromatic ring is 1. The number of benzene rings is 1. The SMILES string of the molecule is CCc1cc(CSc2cc(N)cc(F)c2)n(C)n1. The molecule has 18 heavy (non-hydrogen) atoms. The normalized spacial score (nSPS) is 10.8. The van der Waals surface area contributed by atoms with Gasteiger partial charge in [0.05, 0.1) is 5.69 Å². The fourth-order valence-electron chi connectivity index (χ4n) is 1.70. The first-order valence-electron chi connectivity index (χ1n) is 5.79. The molecule has 0 aliphatic rings. The van der Waals surface area contributed by atoms with Gasteiger partial charge in [-0.3, -0.25) is 4.68 Å². The number of hydrogen-bond acceptors (Lipinski definition) is 3. The van der Waals surface area contributed by atoms with Gasteiger partial charge in [-0.25, -0.2) is 4.39 Å². The monoisotopic (exact) mass is 265 g/mol. The van der Waals surface area contributed by atoms with Gasteiger partial charge in [-0.1, -0.05) is 6.92 Å². The van der Waals surface area contributed by atoms with Crippen molar-refractivity contribution in [1.29, 1.82) is 0 Å². The lowest BCUT2D eigenvalue weighted by Crippen LogP contribution is -1.96. The van der Waals surface area contributed by atoms with E-state index in [0.717, 1.165) is 28.5 Å². The minimum Gasteiger partial charge on any atom is -0.399 e. The van der Waals surface area contributed by atoms with E-state index in [-0.39, 0.29) is 5.82 Å². The average Bonchev–Trinajstić information content (AvgIpc) is 2.66. The van der Waals surface area contributed by atoms with Gasteiger partial charge in [-0.2, -0.15) is 5.10 Å². The molecule has 0 fully saturated rings. The van der Waals surface area contributed by atoms with Crippen LogP contribution in [0.15, 0.2) is 29.2 Å². The van der Waals surface area contributed by atoms with Crippen LogP contribution in [0.3, 0.4) is 0 Å². The molecule has 0 amide bonds. The predicted molar refractivity (Wildman–Crippen MR) is 73.0 cm³/mol. The van der Waals surface area contributed by atoms with Crippen molar-refractivity contribution in [3.63, 3.8) is 0 Å². The Morgan fingerprint density at radius 2 is 2.11 bits per heavy atom. The van der Waals surface area contributed by atoms with E-state index in [2.05, 4.69) is 18.1 Å². The number of nitrogens with zero attached hydrogens (tertiary/aromatic N) is 2. The molecule has 2 N–H and O–H groups in total. The van der Waals surface area contributed by atoms with Gasteiger partial charge in [-0.05, 0) is 30.7 Å². The largest absolute Gasteiger partial charge is 0.399 e. The van der Waals surface area contributed by atoms with Crippen molar-refractivity contribution in [2.75, 3.05) is 5.73 Å². The molecule has 0 saturated carbocycles. The zero-order valence-electron chi connectivity index (χ0n) is 10.5. The van der Waals surface area contributed by atoms with Crippen LogP contribution >= 0.6 is 11.8 Å². The molecule has 0 radical (unpaired) electrons. The van der Waals surface area contributed by atoms with Crippen LogP contribution in [0, 0.1) is 5.82 Å². The molecule has 2 aromatic rings. The molecule has 2 rings (SSSR count). The van der Waals surface area contributed by atoms with Crippen molar-refractivity contribution in [2.24, 2.45) is 7.05 Å². The van der Waals surface area contributed by atoms with E-state index in [1.54, 1.807) is 17.8 Å². The van der Waals surface area contributed by atoms with Crippen LogP contribution in [-0.4, -0.2) is 9.78 Å². The van der Waals surface area contributed by atoms with Gasteiger partial charge in [0.25, 0.3) is 0 Å². The maximum absolute atomic E-state index is 13.2. The Balaban J connectivity index is 2.08. The summed E-state index contributed by atoms with van der Waals surface area (Å²) in [6.45, 7) is 2.08. The molecule has 3 nitrogen and oxygen atoms in total. The zero-order chi connectivity index (χ0) is 13.1. The third-order valence-electron chi connectivity index (χ3n) is 2.67. The Morgan fingerprint density at radius 1 is 1.33 bits per heavy atom. The first-order chi connectivity index (χ1) is 8.58. The number of aromatic nitrogens is 2. The van der Waals surface area contributed by atoms with Crippen molar-refractivity contribution >= 4 is 17.4 Å². The minimum atomic E-state index is -0.295. The summed E-state index contributed by atoms with van der Waals surface area (Å²) in [6.07, 6.45) is 0.922.